The first-order valence-corrected chi connectivity index (χ1v) is 11.7. The Labute approximate surface area is 207 Å². The van der Waals surface area contributed by atoms with Crippen LogP contribution in [0.1, 0.15) is 5.56 Å². The highest BCUT2D eigenvalue weighted by Gasteiger charge is 2.17. The number of thioether (sulfide) groups is 1. The van der Waals surface area contributed by atoms with E-state index in [0.717, 1.165) is 15.7 Å². The summed E-state index contributed by atoms with van der Waals surface area (Å²) in [5.41, 5.74) is 4.65. The van der Waals surface area contributed by atoms with E-state index in [-0.39, 0.29) is 17.3 Å². The summed E-state index contributed by atoms with van der Waals surface area (Å²) in [6.45, 7) is 0. The van der Waals surface area contributed by atoms with Gasteiger partial charge in [-0.2, -0.15) is 5.10 Å². The molecular formula is C23H17BrN6O3S. The normalized spacial score (nSPS) is 11.0. The second kappa shape index (κ2) is 10.9. The molecular weight excluding hydrogens is 520 g/mol. The molecule has 3 aromatic carbocycles. The van der Waals surface area contributed by atoms with Gasteiger partial charge in [-0.1, -0.05) is 70.2 Å². The third-order valence-electron chi connectivity index (χ3n) is 4.57. The van der Waals surface area contributed by atoms with E-state index in [1.807, 2.05) is 59.2 Å². The van der Waals surface area contributed by atoms with E-state index < -0.39 is 4.92 Å². The molecule has 11 heteroatoms. The van der Waals surface area contributed by atoms with Gasteiger partial charge in [-0.3, -0.25) is 19.5 Å². The maximum atomic E-state index is 12.3. The summed E-state index contributed by atoms with van der Waals surface area (Å²) in [6.07, 6.45) is 1.35. The van der Waals surface area contributed by atoms with Crippen LogP contribution < -0.4 is 5.43 Å². The Morgan fingerprint density at radius 3 is 2.59 bits per heavy atom. The van der Waals surface area contributed by atoms with Gasteiger partial charge in [0.2, 0.25) is 0 Å². The average Bonchev–Trinajstić information content (AvgIpc) is 3.28. The van der Waals surface area contributed by atoms with Gasteiger partial charge in [-0.15, -0.1) is 10.2 Å². The molecule has 170 valence electrons. The van der Waals surface area contributed by atoms with Crippen molar-refractivity contribution in [3.63, 3.8) is 0 Å². The minimum atomic E-state index is -0.488. The molecule has 34 heavy (non-hydrogen) atoms. The highest BCUT2D eigenvalue weighted by Crippen LogP contribution is 2.28. The molecule has 0 aliphatic carbocycles. The number of carbonyl (C=O) groups is 1. The number of halogens is 1. The van der Waals surface area contributed by atoms with Gasteiger partial charge in [0, 0.05) is 33.4 Å². The third kappa shape index (κ3) is 5.74. The lowest BCUT2D eigenvalue weighted by Gasteiger charge is -2.10. The highest BCUT2D eigenvalue weighted by molar-refractivity contribution is 9.10. The summed E-state index contributed by atoms with van der Waals surface area (Å²) in [4.78, 5) is 22.7. The number of nitro groups is 1. The van der Waals surface area contributed by atoms with E-state index in [2.05, 4.69) is 36.7 Å². The van der Waals surface area contributed by atoms with Gasteiger partial charge in [0.25, 0.3) is 11.6 Å². The van der Waals surface area contributed by atoms with E-state index >= 15 is 0 Å². The number of para-hydroxylation sites is 1. The zero-order valence-electron chi connectivity index (χ0n) is 17.5. The summed E-state index contributed by atoms with van der Waals surface area (Å²) in [5, 5.41) is 24.0. The SMILES string of the molecule is O=C(CSc1nnc(-c2ccc(Br)cc2)n1-c1ccccc1)N/N=C/c1cccc([N+](=O)[O-])c1. The fourth-order valence-electron chi connectivity index (χ4n) is 3.02. The molecule has 1 heterocycles. The van der Waals surface area contributed by atoms with E-state index in [0.29, 0.717) is 16.5 Å². The minimum absolute atomic E-state index is 0.0485. The molecule has 0 aliphatic rings. The number of benzene rings is 3. The predicted octanol–water partition coefficient (Wildman–Crippen LogP) is 4.85. The molecule has 0 unspecified atom stereocenters. The second-order valence-electron chi connectivity index (χ2n) is 6.92. The molecule has 4 rings (SSSR count). The Morgan fingerprint density at radius 2 is 1.85 bits per heavy atom. The van der Waals surface area contributed by atoms with Crippen LogP contribution in [-0.4, -0.2) is 37.6 Å². The van der Waals surface area contributed by atoms with Gasteiger partial charge in [0.15, 0.2) is 11.0 Å². The lowest BCUT2D eigenvalue weighted by molar-refractivity contribution is -0.384. The maximum absolute atomic E-state index is 12.3. The zero-order valence-corrected chi connectivity index (χ0v) is 19.9. The summed E-state index contributed by atoms with van der Waals surface area (Å²) in [5.74, 6) is 0.363. The van der Waals surface area contributed by atoms with Gasteiger partial charge < -0.3 is 0 Å². The molecule has 1 N–H and O–H groups in total. The Kier molecular flexibility index (Phi) is 7.45. The second-order valence-corrected chi connectivity index (χ2v) is 8.78. The van der Waals surface area contributed by atoms with Crippen LogP contribution in [0.5, 0.6) is 0 Å². The van der Waals surface area contributed by atoms with Crippen molar-refractivity contribution >= 4 is 45.5 Å². The number of nitro benzene ring substituents is 1. The van der Waals surface area contributed by atoms with Crippen LogP contribution in [-0.2, 0) is 4.79 Å². The number of nitrogens with one attached hydrogen (secondary N) is 1. The molecule has 0 spiro atoms. The topological polar surface area (TPSA) is 115 Å². The van der Waals surface area contributed by atoms with Crippen molar-refractivity contribution < 1.29 is 9.72 Å². The molecule has 0 fully saturated rings. The van der Waals surface area contributed by atoms with Crippen molar-refractivity contribution in [3.8, 4) is 17.1 Å². The quantitative estimate of drug-likeness (QED) is 0.149. The number of amides is 1. The molecule has 0 saturated heterocycles. The predicted molar refractivity (Wildman–Crippen MR) is 134 cm³/mol. The summed E-state index contributed by atoms with van der Waals surface area (Å²) in [6, 6.07) is 23.4. The number of hydrogen-bond donors (Lipinski definition) is 1. The summed E-state index contributed by atoms with van der Waals surface area (Å²) in [7, 11) is 0. The maximum Gasteiger partial charge on any atom is 0.270 e. The molecule has 0 atom stereocenters. The lowest BCUT2D eigenvalue weighted by Crippen LogP contribution is -2.20. The number of non-ortho nitro benzene ring substituents is 1. The lowest BCUT2D eigenvalue weighted by atomic mass is 10.2. The van der Waals surface area contributed by atoms with Crippen LogP contribution >= 0.6 is 27.7 Å². The zero-order chi connectivity index (χ0) is 23.9. The number of aromatic nitrogens is 3. The number of hydrazone groups is 1. The van der Waals surface area contributed by atoms with Crippen LogP contribution in [0, 0.1) is 10.1 Å². The van der Waals surface area contributed by atoms with Crippen molar-refractivity contribution in [1.82, 2.24) is 20.2 Å². The van der Waals surface area contributed by atoms with Gasteiger partial charge in [-0.25, -0.2) is 5.43 Å². The van der Waals surface area contributed by atoms with E-state index in [9.17, 15) is 14.9 Å². The molecule has 1 aromatic heterocycles. The van der Waals surface area contributed by atoms with Crippen LogP contribution in [0.15, 0.2) is 93.6 Å². The van der Waals surface area contributed by atoms with Crippen LogP contribution in [0.25, 0.3) is 17.1 Å². The summed E-state index contributed by atoms with van der Waals surface area (Å²) >= 11 is 4.67. The van der Waals surface area contributed by atoms with Gasteiger partial charge in [-0.05, 0) is 24.3 Å². The molecule has 0 radical (unpaired) electrons. The van der Waals surface area contributed by atoms with Gasteiger partial charge in [0.05, 0.1) is 16.9 Å². The first kappa shape index (κ1) is 23.3. The average molecular weight is 537 g/mol. The minimum Gasteiger partial charge on any atom is -0.272 e. The first-order chi connectivity index (χ1) is 16.5. The van der Waals surface area contributed by atoms with E-state index in [4.69, 9.17) is 0 Å². The Morgan fingerprint density at radius 1 is 1.09 bits per heavy atom. The largest absolute Gasteiger partial charge is 0.272 e. The fourth-order valence-corrected chi connectivity index (χ4v) is 4.03. The highest BCUT2D eigenvalue weighted by atomic mass is 79.9. The molecule has 4 aromatic rings. The number of carbonyl (C=O) groups excluding carboxylic acids is 1. The van der Waals surface area contributed by atoms with Crippen molar-refractivity contribution in [2.75, 3.05) is 5.75 Å². The van der Waals surface area contributed by atoms with Crippen LogP contribution in [0.2, 0.25) is 0 Å². The smallest absolute Gasteiger partial charge is 0.270 e. The molecule has 0 bridgehead atoms. The molecule has 0 aliphatic heterocycles. The standard InChI is InChI=1S/C23H17BrN6O3S/c24-18-11-9-17(10-12-18)22-27-28-23(29(22)19-6-2-1-3-7-19)34-15-21(31)26-25-14-16-5-4-8-20(13-16)30(32)33/h1-14H,15H2,(H,26,31)/b25-14+. The van der Waals surface area contributed by atoms with E-state index in [1.165, 1.54) is 30.1 Å². The number of nitrogens with zero attached hydrogens (tertiary/aromatic N) is 5. The van der Waals surface area contributed by atoms with E-state index in [1.54, 1.807) is 12.1 Å². The third-order valence-corrected chi connectivity index (χ3v) is 6.02. The van der Waals surface area contributed by atoms with Gasteiger partial charge >= 0.3 is 0 Å². The molecule has 0 saturated carbocycles. The van der Waals surface area contributed by atoms with Gasteiger partial charge in [0.1, 0.15) is 0 Å². The molecule has 9 nitrogen and oxygen atoms in total. The van der Waals surface area contributed by atoms with Crippen molar-refractivity contribution in [2.45, 2.75) is 5.16 Å². The van der Waals surface area contributed by atoms with Crippen LogP contribution in [0.3, 0.4) is 0 Å². The Balaban J connectivity index is 1.47. The number of hydrogen-bond acceptors (Lipinski definition) is 7. The van der Waals surface area contributed by atoms with Crippen molar-refractivity contribution in [2.24, 2.45) is 5.10 Å². The van der Waals surface area contributed by atoms with Crippen molar-refractivity contribution in [3.05, 3.63) is 99.0 Å². The van der Waals surface area contributed by atoms with Crippen LogP contribution in [0.4, 0.5) is 5.69 Å². The fraction of sp³-hybridized carbons (Fsp3) is 0.0435. The first-order valence-electron chi connectivity index (χ1n) is 9.97. The Bertz CT molecular complexity index is 1340. The Hall–Kier alpha value is -3.83. The monoisotopic (exact) mass is 536 g/mol. The number of rotatable bonds is 8. The molecule has 1 amide bonds. The summed E-state index contributed by atoms with van der Waals surface area (Å²) < 4.78 is 2.85. The van der Waals surface area contributed by atoms with Crippen molar-refractivity contribution in [1.29, 1.82) is 0 Å².